The molecule has 0 radical (unpaired) electrons. The molecule has 8 aromatic rings. The molecule has 8 aromatic carbocycles. The molecule has 2 heteroatoms. The van der Waals surface area contributed by atoms with E-state index in [9.17, 15) is 0 Å². The van der Waals surface area contributed by atoms with Gasteiger partial charge in [0.1, 0.15) is 0 Å². The van der Waals surface area contributed by atoms with Crippen molar-refractivity contribution in [3.05, 3.63) is 226 Å². The molecular weight excluding hydrogens is 773 g/mol. The second kappa shape index (κ2) is 13.3. The number of rotatable bonds is 6. The Bertz CT molecular complexity index is 3050. The van der Waals surface area contributed by atoms with Crippen LogP contribution in [0.25, 0.3) is 33.4 Å². The van der Waals surface area contributed by atoms with E-state index in [-0.39, 0.29) is 21.7 Å². The fourth-order valence-corrected chi connectivity index (χ4v) is 12.4. The normalized spacial score (nSPS) is 16.9. The van der Waals surface area contributed by atoms with Crippen molar-refractivity contribution in [2.24, 2.45) is 0 Å². The lowest BCUT2D eigenvalue weighted by atomic mass is 9.75. The van der Waals surface area contributed by atoms with E-state index in [1.165, 1.54) is 101 Å². The Morgan fingerprint density at radius 3 is 0.875 bits per heavy atom. The monoisotopic (exact) mass is 826 g/mol. The van der Waals surface area contributed by atoms with E-state index >= 15 is 0 Å². The van der Waals surface area contributed by atoms with Crippen LogP contribution in [0.4, 0.5) is 34.1 Å². The lowest BCUT2D eigenvalue weighted by Crippen LogP contribution is -2.21. The topological polar surface area (TPSA) is 6.48 Å². The Balaban J connectivity index is 0.945. The number of para-hydroxylation sites is 2. The van der Waals surface area contributed by atoms with E-state index in [0.717, 1.165) is 11.4 Å². The van der Waals surface area contributed by atoms with Crippen molar-refractivity contribution in [2.75, 3.05) is 9.80 Å². The summed E-state index contributed by atoms with van der Waals surface area (Å²) in [6.07, 6.45) is 0. The summed E-state index contributed by atoms with van der Waals surface area (Å²) >= 11 is 0. The van der Waals surface area contributed by atoms with Gasteiger partial charge in [0.25, 0.3) is 0 Å². The zero-order valence-electron chi connectivity index (χ0n) is 38.2. The van der Waals surface area contributed by atoms with E-state index in [1.54, 1.807) is 0 Å². The Morgan fingerprint density at radius 1 is 0.234 bits per heavy atom. The standard InChI is InChI=1S/C62H54N2/c1-59(2)51-25-17-15-23-45(51)47-31-27-41(35-53(47)59)63(39-19-11-9-12-20-39)43-29-33-49-55(37-43)61(5,6)58-50-34-30-44(38-56(50)62(7,8)57(49)58)64(40-21-13-10-14-22-40)42-28-32-48-46-24-16-18-26-52(46)60(3,4)54(48)36-42/h9-38H,1-8H3. The van der Waals surface area contributed by atoms with Gasteiger partial charge in [0.05, 0.1) is 0 Å². The number of fused-ring (bicyclic) bond motifs is 10. The number of nitrogens with zero attached hydrogens (tertiary/aromatic N) is 2. The van der Waals surface area contributed by atoms with Crippen molar-refractivity contribution < 1.29 is 0 Å². The van der Waals surface area contributed by atoms with Gasteiger partial charge in [-0.15, -0.1) is 0 Å². The van der Waals surface area contributed by atoms with Crippen LogP contribution < -0.4 is 9.80 Å². The van der Waals surface area contributed by atoms with Crippen molar-refractivity contribution in [3.8, 4) is 22.3 Å². The summed E-state index contributed by atoms with van der Waals surface area (Å²) in [5, 5.41) is 0. The maximum absolute atomic E-state index is 2.49. The highest BCUT2D eigenvalue weighted by Crippen LogP contribution is 2.64. The van der Waals surface area contributed by atoms with Crippen molar-refractivity contribution in [2.45, 2.75) is 77.0 Å². The van der Waals surface area contributed by atoms with Gasteiger partial charge in [0, 0.05) is 55.8 Å². The molecule has 0 spiro atoms. The maximum atomic E-state index is 2.49. The van der Waals surface area contributed by atoms with Crippen molar-refractivity contribution in [1.82, 2.24) is 0 Å². The molecular formula is C62H54N2. The minimum atomic E-state index is -0.214. The Morgan fingerprint density at radius 2 is 0.516 bits per heavy atom. The van der Waals surface area contributed by atoms with Crippen molar-refractivity contribution in [3.63, 3.8) is 0 Å². The van der Waals surface area contributed by atoms with Crippen LogP contribution in [0.2, 0.25) is 0 Å². The minimum Gasteiger partial charge on any atom is -0.310 e. The summed E-state index contributed by atoms with van der Waals surface area (Å²) in [4.78, 5) is 4.92. The Hall–Kier alpha value is -6.90. The second-order valence-electron chi connectivity index (χ2n) is 20.6. The molecule has 12 rings (SSSR count). The first-order chi connectivity index (χ1) is 30.8. The van der Waals surface area contributed by atoms with Gasteiger partial charge in [0.2, 0.25) is 0 Å². The fourth-order valence-electron chi connectivity index (χ4n) is 12.4. The molecule has 0 heterocycles. The van der Waals surface area contributed by atoms with Crippen molar-refractivity contribution >= 4 is 45.3 Å². The molecule has 0 saturated heterocycles. The van der Waals surface area contributed by atoms with Crippen LogP contribution in [0.5, 0.6) is 0 Å². The maximum Gasteiger partial charge on any atom is 0.0465 e. The number of benzene rings is 8. The lowest BCUT2D eigenvalue weighted by molar-refractivity contribution is 0.660. The zero-order chi connectivity index (χ0) is 43.9. The van der Waals surface area contributed by atoms with Crippen molar-refractivity contribution in [1.29, 1.82) is 0 Å². The molecule has 0 amide bonds. The van der Waals surface area contributed by atoms with Gasteiger partial charge in [-0.1, -0.05) is 165 Å². The summed E-state index contributed by atoms with van der Waals surface area (Å²) in [7, 11) is 0. The second-order valence-corrected chi connectivity index (χ2v) is 20.6. The van der Waals surface area contributed by atoms with Gasteiger partial charge >= 0.3 is 0 Å². The average Bonchev–Trinajstić information content (AvgIpc) is 3.88. The molecule has 312 valence electrons. The van der Waals surface area contributed by atoms with E-state index in [0.29, 0.717) is 0 Å². The Kier molecular flexibility index (Phi) is 8.06. The van der Waals surface area contributed by atoms with Gasteiger partial charge in [-0.05, 0) is 151 Å². The van der Waals surface area contributed by atoms with Gasteiger partial charge in [-0.3, -0.25) is 0 Å². The molecule has 2 nitrogen and oxygen atoms in total. The van der Waals surface area contributed by atoms with Crippen LogP contribution in [-0.4, -0.2) is 0 Å². The summed E-state index contributed by atoms with van der Waals surface area (Å²) in [5.41, 5.74) is 25.8. The predicted octanol–water partition coefficient (Wildman–Crippen LogP) is 16.7. The highest BCUT2D eigenvalue weighted by atomic mass is 15.1. The first kappa shape index (κ1) is 38.7. The van der Waals surface area contributed by atoms with Gasteiger partial charge in [0.15, 0.2) is 0 Å². The Labute approximate surface area is 379 Å². The van der Waals surface area contributed by atoms with Crippen LogP contribution in [0.1, 0.15) is 99.9 Å². The van der Waals surface area contributed by atoms with E-state index in [4.69, 9.17) is 0 Å². The van der Waals surface area contributed by atoms with E-state index in [1.807, 2.05) is 0 Å². The first-order valence-corrected chi connectivity index (χ1v) is 23.0. The predicted molar refractivity (Wildman–Crippen MR) is 270 cm³/mol. The highest BCUT2D eigenvalue weighted by molar-refractivity contribution is 6.10. The molecule has 0 aromatic heterocycles. The van der Waals surface area contributed by atoms with Gasteiger partial charge in [-0.2, -0.15) is 0 Å². The number of hydrogen-bond acceptors (Lipinski definition) is 2. The van der Waals surface area contributed by atoms with Crippen LogP contribution >= 0.6 is 0 Å². The SMILES string of the molecule is CC1(C)C2=C(c3ccc(N(c4ccccc4)c4ccc5c(c4)C(C)(C)c4ccccc4-5)cc31)C(C)(C)c1cc(N(c3ccccc3)c3ccc4c(c3)C(C)(C)c3ccccc3-4)ccc12. The molecule has 4 aliphatic rings. The van der Waals surface area contributed by atoms with Gasteiger partial charge in [-0.25, -0.2) is 0 Å². The number of anilines is 6. The largest absolute Gasteiger partial charge is 0.310 e. The molecule has 0 aliphatic heterocycles. The van der Waals surface area contributed by atoms with Crippen LogP contribution in [0.15, 0.2) is 182 Å². The molecule has 4 aliphatic carbocycles. The van der Waals surface area contributed by atoms with E-state index in [2.05, 4.69) is 247 Å². The summed E-state index contributed by atoms with van der Waals surface area (Å²) in [6.45, 7) is 19.3. The average molecular weight is 827 g/mol. The molecule has 0 saturated carbocycles. The minimum absolute atomic E-state index is 0.0868. The summed E-state index contributed by atoms with van der Waals surface area (Å²) in [5.74, 6) is 0. The first-order valence-electron chi connectivity index (χ1n) is 23.0. The van der Waals surface area contributed by atoms with Crippen LogP contribution in [0.3, 0.4) is 0 Å². The van der Waals surface area contributed by atoms with Gasteiger partial charge < -0.3 is 9.80 Å². The highest BCUT2D eigenvalue weighted by Gasteiger charge is 2.50. The third-order valence-electron chi connectivity index (χ3n) is 15.6. The molecule has 64 heavy (non-hydrogen) atoms. The summed E-state index contributed by atoms with van der Waals surface area (Å²) in [6, 6.07) is 68.4. The molecule has 0 N–H and O–H groups in total. The molecule has 0 fully saturated rings. The molecule has 0 bridgehead atoms. The smallest absolute Gasteiger partial charge is 0.0465 e. The zero-order valence-corrected chi connectivity index (χ0v) is 38.2. The third kappa shape index (κ3) is 5.26. The summed E-state index contributed by atoms with van der Waals surface area (Å²) < 4.78 is 0. The van der Waals surface area contributed by atoms with Crippen LogP contribution in [0, 0.1) is 0 Å². The van der Waals surface area contributed by atoms with E-state index < -0.39 is 0 Å². The quantitative estimate of drug-likeness (QED) is 0.165. The third-order valence-corrected chi connectivity index (χ3v) is 15.6. The molecule has 0 unspecified atom stereocenters. The van der Waals surface area contributed by atoms with Crippen LogP contribution in [-0.2, 0) is 21.7 Å². The number of allylic oxidation sites excluding steroid dienone is 2. The fraction of sp³-hybridized carbons (Fsp3) is 0.194. The number of hydrogen-bond donors (Lipinski definition) is 0. The lowest BCUT2D eigenvalue weighted by Gasteiger charge is -2.32. The molecule has 0 atom stereocenters.